The summed E-state index contributed by atoms with van der Waals surface area (Å²) in [6.45, 7) is 4.01. The summed E-state index contributed by atoms with van der Waals surface area (Å²) in [5.41, 5.74) is 0. The van der Waals surface area contributed by atoms with Gasteiger partial charge in [-0.15, -0.1) is 0 Å². The van der Waals surface area contributed by atoms with Crippen LogP contribution in [0.4, 0.5) is 0 Å². The van der Waals surface area contributed by atoms with Crippen molar-refractivity contribution in [3.8, 4) is 0 Å². The molecule has 0 aliphatic rings. The van der Waals surface area contributed by atoms with E-state index < -0.39 is 10.7 Å². The zero-order chi connectivity index (χ0) is 6.78. The molecule has 0 aromatic heterocycles. The topological polar surface area (TPSA) is 9.23 Å². The van der Waals surface area contributed by atoms with E-state index in [0.717, 1.165) is 0 Å². The number of rotatable bonds is 2. The predicted molar refractivity (Wildman–Crippen MR) is 43.0 cm³/mol. The van der Waals surface area contributed by atoms with Gasteiger partial charge in [0.25, 0.3) is 0 Å². The van der Waals surface area contributed by atoms with Gasteiger partial charge in [0, 0.05) is 0 Å². The summed E-state index contributed by atoms with van der Waals surface area (Å²) in [6, 6.07) is 0. The van der Waals surface area contributed by atoms with Crippen LogP contribution in [0.2, 0.25) is 0 Å². The van der Waals surface area contributed by atoms with Crippen molar-refractivity contribution in [3.63, 3.8) is 0 Å². The van der Waals surface area contributed by atoms with Crippen molar-refractivity contribution in [1.29, 1.82) is 0 Å². The van der Waals surface area contributed by atoms with Crippen LogP contribution in [0.3, 0.4) is 0 Å². The summed E-state index contributed by atoms with van der Waals surface area (Å²) in [5.74, 6) is 0. The van der Waals surface area contributed by atoms with Crippen LogP contribution in [0.25, 0.3) is 0 Å². The third kappa shape index (κ3) is 8.11. The minimum atomic E-state index is -2.22. The van der Waals surface area contributed by atoms with Gasteiger partial charge >= 0.3 is 73.4 Å². The zero-order valence-corrected chi connectivity index (χ0v) is 10.9. The van der Waals surface area contributed by atoms with E-state index in [-0.39, 0.29) is 6.10 Å². The van der Waals surface area contributed by atoms with E-state index in [0.29, 0.717) is 0 Å². The molecule has 0 fully saturated rings. The van der Waals surface area contributed by atoms with Crippen molar-refractivity contribution < 1.29 is 14.0 Å². The molecule has 0 aromatic carbocycles. The van der Waals surface area contributed by atoms with Gasteiger partial charge in [0.1, 0.15) is 0 Å². The molecule has 0 aliphatic carbocycles. The van der Waals surface area contributed by atoms with Crippen LogP contribution in [0.15, 0.2) is 0 Å². The van der Waals surface area contributed by atoms with Gasteiger partial charge in [-0.2, -0.15) is 0 Å². The van der Waals surface area contributed by atoms with Crippen molar-refractivity contribution in [2.75, 3.05) is 0 Å². The first-order valence-electron chi connectivity index (χ1n) is 2.16. The van der Waals surface area contributed by atoms with Gasteiger partial charge < -0.3 is 0 Å². The summed E-state index contributed by atoms with van der Waals surface area (Å²) in [7, 11) is -2.22. The van der Waals surface area contributed by atoms with Crippen molar-refractivity contribution in [2.24, 2.45) is 0 Å². The molecule has 8 heavy (non-hydrogen) atoms. The van der Waals surface area contributed by atoms with E-state index in [1.807, 2.05) is 13.8 Å². The fourth-order valence-corrected chi connectivity index (χ4v) is 5.73. The molecule has 0 aromatic rings. The SMILES string of the molecule is CC(C)[O][Ti]([Br])([Br])[Br]. The molecule has 0 saturated heterocycles. The Balaban J connectivity index is 3.39. The number of halogens is 3. The number of hydrogen-bond donors (Lipinski definition) is 0. The Labute approximate surface area is 72.5 Å². The summed E-state index contributed by atoms with van der Waals surface area (Å²) >= 11 is 10.1. The molecular weight excluding hydrogens is 340 g/mol. The van der Waals surface area contributed by atoms with Crippen LogP contribution in [0, 0.1) is 0 Å². The van der Waals surface area contributed by atoms with Crippen LogP contribution in [-0.4, -0.2) is 6.10 Å². The third-order valence-electron chi connectivity index (χ3n) is 0.369. The molecule has 0 unspecified atom stereocenters. The quantitative estimate of drug-likeness (QED) is 0.696. The van der Waals surface area contributed by atoms with Crippen molar-refractivity contribution >= 4 is 39.5 Å². The second kappa shape index (κ2) is 4.09. The molecule has 5 heteroatoms. The molecule has 0 atom stereocenters. The van der Waals surface area contributed by atoms with Gasteiger partial charge in [-0.05, 0) is 0 Å². The molecule has 0 spiro atoms. The van der Waals surface area contributed by atoms with Crippen molar-refractivity contribution in [1.82, 2.24) is 0 Å². The zero-order valence-electron chi connectivity index (χ0n) is 4.62. The van der Waals surface area contributed by atoms with E-state index in [9.17, 15) is 0 Å². The minimum absolute atomic E-state index is 0.285. The molecule has 0 saturated carbocycles. The molecule has 0 heterocycles. The summed E-state index contributed by atoms with van der Waals surface area (Å²) in [4.78, 5) is 0. The fourth-order valence-electron chi connectivity index (χ4n) is 0.267. The predicted octanol–water partition coefficient (Wildman–Crippen LogP) is 3.41. The molecule has 0 N–H and O–H groups in total. The standard InChI is InChI=1S/C3H7O.3BrH.Ti/c1-3(2)4;;;;/h3H,1-2H3;3*1H;/q-1;;;;+4/p-3. The van der Waals surface area contributed by atoms with E-state index in [4.69, 9.17) is 3.32 Å². The first-order valence-corrected chi connectivity index (χ1v) is 14.4. The van der Waals surface area contributed by atoms with Crippen molar-refractivity contribution in [3.05, 3.63) is 0 Å². The Hall–Kier alpha value is 2.11. The first-order chi connectivity index (χ1) is 3.42. The molecule has 0 rings (SSSR count). The Kier molecular flexibility index (Phi) is 5.17. The number of hydrogen-bond acceptors (Lipinski definition) is 1. The average Bonchev–Trinajstić information content (AvgIpc) is 1.21. The maximum atomic E-state index is 5.38. The average molecular weight is 347 g/mol. The Morgan fingerprint density at radius 2 is 1.62 bits per heavy atom. The van der Waals surface area contributed by atoms with E-state index in [2.05, 4.69) is 39.5 Å². The third-order valence-corrected chi connectivity index (χ3v) is 3.83. The monoisotopic (exact) mass is 344 g/mol. The second-order valence-corrected chi connectivity index (χ2v) is 30.3. The van der Waals surface area contributed by atoms with Gasteiger partial charge in [0.15, 0.2) is 0 Å². The van der Waals surface area contributed by atoms with Crippen LogP contribution < -0.4 is 0 Å². The van der Waals surface area contributed by atoms with Crippen molar-refractivity contribution in [2.45, 2.75) is 20.0 Å². The van der Waals surface area contributed by atoms with Crippen LogP contribution >= 0.6 is 39.5 Å². The van der Waals surface area contributed by atoms with Gasteiger partial charge in [0.05, 0.1) is 0 Å². The van der Waals surface area contributed by atoms with E-state index >= 15 is 0 Å². The first kappa shape index (κ1) is 10.1. The maximum absolute atomic E-state index is 5.38. The second-order valence-electron chi connectivity index (χ2n) is 1.61. The van der Waals surface area contributed by atoms with Crippen LogP contribution in [-0.2, 0) is 14.0 Å². The summed E-state index contributed by atoms with van der Waals surface area (Å²) in [6.07, 6.45) is 0.285. The van der Waals surface area contributed by atoms with E-state index in [1.165, 1.54) is 0 Å². The van der Waals surface area contributed by atoms with Gasteiger partial charge in [-0.1, -0.05) is 0 Å². The molecule has 1 nitrogen and oxygen atoms in total. The summed E-state index contributed by atoms with van der Waals surface area (Å²) in [5, 5.41) is 0. The Morgan fingerprint density at radius 1 is 1.25 bits per heavy atom. The molecule has 50 valence electrons. The van der Waals surface area contributed by atoms with Gasteiger partial charge in [0.2, 0.25) is 0 Å². The van der Waals surface area contributed by atoms with Crippen LogP contribution in [0.1, 0.15) is 13.8 Å². The van der Waals surface area contributed by atoms with Crippen LogP contribution in [0.5, 0.6) is 0 Å². The molecular formula is C3H7Br3OTi. The molecule has 0 radical (unpaired) electrons. The Morgan fingerprint density at radius 3 is 1.62 bits per heavy atom. The molecule has 0 aliphatic heterocycles. The van der Waals surface area contributed by atoms with E-state index in [1.54, 1.807) is 0 Å². The Bertz CT molecular complexity index is 69.4. The fraction of sp³-hybridized carbons (Fsp3) is 1.00. The molecule has 0 bridgehead atoms. The molecule has 0 amide bonds. The van der Waals surface area contributed by atoms with Gasteiger partial charge in [-0.3, -0.25) is 0 Å². The van der Waals surface area contributed by atoms with Gasteiger partial charge in [-0.25, -0.2) is 0 Å². The summed E-state index contributed by atoms with van der Waals surface area (Å²) < 4.78 is 5.38. The normalized spacial score (nSPS) is 12.8.